The molecule has 0 saturated heterocycles. The lowest BCUT2D eigenvalue weighted by Crippen LogP contribution is -2.06. The topological polar surface area (TPSA) is 31.5 Å². The molecule has 2 aromatic rings. The van der Waals surface area contributed by atoms with E-state index >= 15 is 0 Å². The van der Waals surface area contributed by atoms with Crippen LogP contribution in [0.5, 0.6) is 0 Å². The monoisotopic (exact) mass is 316 g/mol. The minimum absolute atomic E-state index is 0. The van der Waals surface area contributed by atoms with Crippen LogP contribution in [0.3, 0.4) is 0 Å². The average Bonchev–Trinajstić information content (AvgIpc) is 2.43. The molecule has 0 bridgehead atoms. The Bertz CT molecular complexity index is 684. The van der Waals surface area contributed by atoms with Gasteiger partial charge in [-0.3, -0.25) is 0 Å². The van der Waals surface area contributed by atoms with Crippen LogP contribution in [0, 0.1) is 46.5 Å². The van der Waals surface area contributed by atoms with Crippen LogP contribution in [0.4, 0.5) is 35.1 Å². The largest absolute Gasteiger partial charge is 0.412 e. The number of rotatable bonds is 1. The Balaban J connectivity index is 0.00000220. The Kier molecular flexibility index (Phi) is 4.57. The number of hydrogen-bond donors (Lipinski definition) is 0. The van der Waals surface area contributed by atoms with Gasteiger partial charge in [-0.2, -0.15) is 0 Å². The number of benzene rings is 2. The zero-order chi connectivity index (χ0) is 15.2. The van der Waals surface area contributed by atoms with E-state index in [0.29, 0.717) is 12.1 Å². The summed E-state index contributed by atoms with van der Waals surface area (Å²) >= 11 is 0. The number of hydrogen-bond acceptors (Lipinski definition) is 0. The maximum absolute atomic E-state index is 13.4. The van der Waals surface area contributed by atoms with Gasteiger partial charge in [-0.15, -0.1) is 0 Å². The van der Waals surface area contributed by atoms with Gasteiger partial charge in [0, 0.05) is 5.56 Å². The Morgan fingerprint density at radius 1 is 0.476 bits per heavy atom. The highest BCUT2D eigenvalue weighted by molar-refractivity contribution is 5.66. The summed E-state index contributed by atoms with van der Waals surface area (Å²) < 4.78 is 105. The van der Waals surface area contributed by atoms with E-state index in [1.807, 2.05) is 0 Å². The Morgan fingerprint density at radius 3 is 1.38 bits per heavy atom. The summed E-state index contributed by atoms with van der Waals surface area (Å²) in [5.74, 6) is -17.6. The van der Waals surface area contributed by atoms with Crippen molar-refractivity contribution in [2.45, 2.75) is 0 Å². The van der Waals surface area contributed by atoms with E-state index in [-0.39, 0.29) is 5.48 Å². The van der Waals surface area contributed by atoms with E-state index in [9.17, 15) is 35.1 Å². The van der Waals surface area contributed by atoms with Crippen molar-refractivity contribution in [3.63, 3.8) is 0 Å². The summed E-state index contributed by atoms with van der Waals surface area (Å²) in [4.78, 5) is 0. The molecule has 21 heavy (non-hydrogen) atoms. The second-order valence-electron chi connectivity index (χ2n) is 3.67. The molecule has 0 radical (unpaired) electrons. The third kappa shape index (κ3) is 2.44. The fourth-order valence-electron chi connectivity index (χ4n) is 1.56. The first-order valence-electron chi connectivity index (χ1n) is 4.92. The minimum atomic E-state index is -2.44. The maximum atomic E-state index is 13.4. The third-order valence-electron chi connectivity index (χ3n) is 2.51. The SMILES string of the molecule is Fc1ccc(-c2c(F)c(F)c(F)c(F)c2F)c(F)c1F.O. The van der Waals surface area contributed by atoms with Gasteiger partial charge in [-0.05, 0) is 12.1 Å². The van der Waals surface area contributed by atoms with Gasteiger partial charge < -0.3 is 5.48 Å². The molecule has 0 aliphatic rings. The van der Waals surface area contributed by atoms with E-state index in [0.717, 1.165) is 0 Å². The first kappa shape index (κ1) is 16.9. The molecule has 0 fully saturated rings. The van der Waals surface area contributed by atoms with Crippen molar-refractivity contribution in [3.05, 3.63) is 58.7 Å². The molecule has 0 aliphatic carbocycles. The molecule has 114 valence electrons. The molecule has 0 spiro atoms. The summed E-state index contributed by atoms with van der Waals surface area (Å²) in [6.45, 7) is 0. The maximum Gasteiger partial charge on any atom is 0.200 e. The van der Waals surface area contributed by atoms with Gasteiger partial charge in [0.15, 0.2) is 40.7 Å². The smallest absolute Gasteiger partial charge is 0.200 e. The molecule has 2 aromatic carbocycles. The summed E-state index contributed by atoms with van der Waals surface area (Å²) in [6.07, 6.45) is 0. The van der Waals surface area contributed by atoms with Crippen molar-refractivity contribution in [2.24, 2.45) is 0 Å². The molecule has 9 heteroatoms. The summed E-state index contributed by atoms with van der Waals surface area (Å²) in [6, 6.07) is 0.665. The van der Waals surface area contributed by atoms with E-state index in [1.165, 1.54) is 0 Å². The van der Waals surface area contributed by atoms with Gasteiger partial charge in [0.1, 0.15) is 0 Å². The van der Waals surface area contributed by atoms with Crippen molar-refractivity contribution in [1.29, 1.82) is 0 Å². The molecular formula is C12H4F8O. The zero-order valence-electron chi connectivity index (χ0n) is 9.68. The molecule has 2 rings (SSSR count). The van der Waals surface area contributed by atoms with Crippen molar-refractivity contribution < 1.29 is 40.6 Å². The standard InChI is InChI=1S/C12H2F8.H2O/c13-4-2-1-3(6(14)7(4)15)5-8(16)10(18)12(20)11(19)9(5)17;/h1-2H;1H2. The fraction of sp³-hybridized carbons (Fsp3) is 0. The van der Waals surface area contributed by atoms with Crippen LogP contribution in [-0.2, 0) is 0 Å². The second-order valence-corrected chi connectivity index (χ2v) is 3.67. The van der Waals surface area contributed by atoms with Gasteiger partial charge in [-0.1, -0.05) is 0 Å². The van der Waals surface area contributed by atoms with Crippen LogP contribution in [0.15, 0.2) is 12.1 Å². The Labute approximate surface area is 111 Å². The van der Waals surface area contributed by atoms with Crippen LogP contribution < -0.4 is 0 Å². The van der Waals surface area contributed by atoms with Crippen LogP contribution >= 0.6 is 0 Å². The van der Waals surface area contributed by atoms with Crippen LogP contribution in [0.25, 0.3) is 11.1 Å². The van der Waals surface area contributed by atoms with Crippen molar-refractivity contribution in [3.8, 4) is 11.1 Å². The lowest BCUT2D eigenvalue weighted by Gasteiger charge is -2.09. The van der Waals surface area contributed by atoms with E-state index in [1.54, 1.807) is 0 Å². The van der Waals surface area contributed by atoms with E-state index in [4.69, 9.17) is 0 Å². The highest BCUT2D eigenvalue weighted by Crippen LogP contribution is 2.34. The lowest BCUT2D eigenvalue weighted by atomic mass is 10.0. The van der Waals surface area contributed by atoms with E-state index in [2.05, 4.69) is 0 Å². The molecule has 0 saturated carbocycles. The highest BCUT2D eigenvalue weighted by Gasteiger charge is 2.29. The third-order valence-corrected chi connectivity index (χ3v) is 2.51. The zero-order valence-corrected chi connectivity index (χ0v) is 9.68. The first-order chi connectivity index (χ1) is 9.27. The summed E-state index contributed by atoms with van der Waals surface area (Å²) in [5, 5.41) is 0. The molecule has 0 atom stereocenters. The van der Waals surface area contributed by atoms with Crippen molar-refractivity contribution in [2.75, 3.05) is 0 Å². The quantitative estimate of drug-likeness (QED) is 0.437. The summed E-state index contributed by atoms with van der Waals surface area (Å²) in [7, 11) is 0. The lowest BCUT2D eigenvalue weighted by molar-refractivity contribution is 0.380. The van der Waals surface area contributed by atoms with E-state index < -0.39 is 57.7 Å². The predicted octanol–water partition coefficient (Wildman–Crippen LogP) is 3.64. The molecule has 0 amide bonds. The molecule has 0 heterocycles. The van der Waals surface area contributed by atoms with Crippen LogP contribution in [-0.4, -0.2) is 5.48 Å². The van der Waals surface area contributed by atoms with Gasteiger partial charge in [-0.25, -0.2) is 35.1 Å². The molecule has 2 N–H and O–H groups in total. The van der Waals surface area contributed by atoms with Gasteiger partial charge in [0.25, 0.3) is 0 Å². The highest BCUT2D eigenvalue weighted by atomic mass is 19.2. The van der Waals surface area contributed by atoms with Gasteiger partial charge in [0.2, 0.25) is 5.82 Å². The average molecular weight is 316 g/mol. The van der Waals surface area contributed by atoms with Crippen molar-refractivity contribution in [1.82, 2.24) is 0 Å². The Hall–Kier alpha value is -2.16. The van der Waals surface area contributed by atoms with Crippen LogP contribution in [0.2, 0.25) is 0 Å². The normalized spacial score (nSPS) is 10.5. The van der Waals surface area contributed by atoms with Gasteiger partial charge >= 0.3 is 0 Å². The first-order valence-corrected chi connectivity index (χ1v) is 4.92. The van der Waals surface area contributed by atoms with Crippen molar-refractivity contribution >= 4 is 0 Å². The molecule has 0 unspecified atom stereocenters. The van der Waals surface area contributed by atoms with Gasteiger partial charge in [0.05, 0.1) is 5.56 Å². The number of halogens is 8. The molecule has 1 nitrogen and oxygen atoms in total. The molecular weight excluding hydrogens is 312 g/mol. The second kappa shape index (κ2) is 5.68. The molecule has 0 aliphatic heterocycles. The summed E-state index contributed by atoms with van der Waals surface area (Å²) in [5.41, 5.74) is -2.95. The Morgan fingerprint density at radius 2 is 0.905 bits per heavy atom. The van der Waals surface area contributed by atoms with Crippen LogP contribution in [0.1, 0.15) is 0 Å². The minimum Gasteiger partial charge on any atom is -0.412 e. The molecule has 0 aromatic heterocycles. The fourth-order valence-corrected chi connectivity index (χ4v) is 1.56. The predicted molar refractivity (Wildman–Crippen MR) is 55.2 cm³/mol.